The van der Waals surface area contributed by atoms with E-state index >= 15 is 0 Å². The third-order valence-electron chi connectivity index (χ3n) is 6.01. The smallest absolute Gasteiger partial charge is 0.220 e. The second kappa shape index (κ2) is 12.4. The predicted molar refractivity (Wildman–Crippen MR) is 124 cm³/mol. The van der Waals surface area contributed by atoms with E-state index in [0.29, 0.717) is 31.6 Å². The summed E-state index contributed by atoms with van der Waals surface area (Å²) in [6, 6.07) is 10.1. The van der Waals surface area contributed by atoms with Gasteiger partial charge in [0.15, 0.2) is 0 Å². The van der Waals surface area contributed by atoms with Crippen LogP contribution >= 0.6 is 0 Å². The second-order valence-electron chi connectivity index (χ2n) is 8.72. The Hall–Kier alpha value is -2.46. The zero-order valence-electron chi connectivity index (χ0n) is 18.3. The van der Waals surface area contributed by atoms with Gasteiger partial charge in [-0.2, -0.15) is 0 Å². The lowest BCUT2D eigenvalue weighted by Gasteiger charge is -2.10. The van der Waals surface area contributed by atoms with Gasteiger partial charge in [-0.15, -0.1) is 0 Å². The Labute approximate surface area is 186 Å². The zero-order chi connectivity index (χ0) is 21.9. The molecule has 1 amide bonds. The molecule has 3 rings (SSSR count). The summed E-state index contributed by atoms with van der Waals surface area (Å²) in [4.78, 5) is 24.0. The van der Waals surface area contributed by atoms with Gasteiger partial charge in [-0.1, -0.05) is 60.7 Å². The van der Waals surface area contributed by atoms with Gasteiger partial charge in [0.25, 0.3) is 0 Å². The van der Waals surface area contributed by atoms with Gasteiger partial charge in [0.05, 0.1) is 6.10 Å². The summed E-state index contributed by atoms with van der Waals surface area (Å²) in [5.41, 5.74) is 2.22. The Morgan fingerprint density at radius 3 is 2.77 bits per heavy atom. The lowest BCUT2D eigenvalue weighted by Crippen LogP contribution is -2.24. The molecule has 4 heteroatoms. The second-order valence-corrected chi connectivity index (χ2v) is 8.72. The van der Waals surface area contributed by atoms with Crippen molar-refractivity contribution in [2.75, 3.05) is 6.54 Å². The number of hydrogen-bond acceptors (Lipinski definition) is 3. The molecule has 1 aromatic carbocycles. The number of allylic oxidation sites excluding steroid dienone is 5. The summed E-state index contributed by atoms with van der Waals surface area (Å²) in [6.45, 7) is 0.835. The molecule has 0 aromatic heterocycles. The van der Waals surface area contributed by atoms with Crippen molar-refractivity contribution in [3.8, 4) is 0 Å². The first-order valence-corrected chi connectivity index (χ1v) is 11.7. The maximum Gasteiger partial charge on any atom is 0.220 e. The van der Waals surface area contributed by atoms with E-state index < -0.39 is 6.10 Å². The molecule has 0 spiro atoms. The number of nitrogens with one attached hydrogen (secondary N) is 1. The minimum atomic E-state index is -0.515. The molecule has 2 aliphatic rings. The largest absolute Gasteiger partial charge is 0.389 e. The van der Waals surface area contributed by atoms with Gasteiger partial charge < -0.3 is 10.4 Å². The van der Waals surface area contributed by atoms with E-state index in [2.05, 4.69) is 29.6 Å². The quantitative estimate of drug-likeness (QED) is 0.359. The predicted octanol–water partition coefficient (Wildman–Crippen LogP) is 4.69. The van der Waals surface area contributed by atoms with Crippen molar-refractivity contribution in [3.05, 3.63) is 71.8 Å². The van der Waals surface area contributed by atoms with Gasteiger partial charge in [0.1, 0.15) is 5.78 Å². The van der Waals surface area contributed by atoms with Crippen LogP contribution < -0.4 is 5.32 Å². The number of amides is 1. The van der Waals surface area contributed by atoms with Crippen LogP contribution in [-0.2, 0) is 16.0 Å². The highest BCUT2D eigenvalue weighted by Gasteiger charge is 2.24. The number of hydrogen-bond donors (Lipinski definition) is 2. The number of unbranched alkanes of at least 4 members (excludes halogenated alkanes) is 1. The Kier molecular flexibility index (Phi) is 9.29. The number of ketones is 1. The molecule has 0 heterocycles. The van der Waals surface area contributed by atoms with Crippen molar-refractivity contribution in [1.82, 2.24) is 5.32 Å². The number of aliphatic hydroxyl groups excluding tert-OH is 1. The SMILES string of the molecule is O=C(CCCC=CC[C@H]1C(=O)CC=C1C=C[C@@H](O)CCc1ccccc1)NCC1CC1. The molecule has 2 aliphatic carbocycles. The van der Waals surface area contributed by atoms with E-state index in [-0.39, 0.29) is 17.6 Å². The summed E-state index contributed by atoms with van der Waals surface area (Å²) < 4.78 is 0. The van der Waals surface area contributed by atoms with Crippen molar-refractivity contribution >= 4 is 11.7 Å². The molecule has 4 nitrogen and oxygen atoms in total. The molecular weight excluding hydrogens is 386 g/mol. The summed E-state index contributed by atoms with van der Waals surface area (Å²) in [5.74, 6) is 0.986. The van der Waals surface area contributed by atoms with Crippen molar-refractivity contribution in [1.29, 1.82) is 0 Å². The number of Topliss-reactive ketones (excluding diaryl/α,β-unsaturated/α-hetero) is 1. The maximum atomic E-state index is 12.2. The van der Waals surface area contributed by atoms with Crippen LogP contribution in [0, 0.1) is 11.8 Å². The Morgan fingerprint density at radius 2 is 2.00 bits per heavy atom. The van der Waals surface area contributed by atoms with Crippen LogP contribution in [0.5, 0.6) is 0 Å². The maximum absolute atomic E-state index is 12.2. The van der Waals surface area contributed by atoms with Gasteiger partial charge in [-0.05, 0) is 62.0 Å². The van der Waals surface area contributed by atoms with Gasteiger partial charge in [-0.25, -0.2) is 0 Å². The minimum Gasteiger partial charge on any atom is -0.389 e. The monoisotopic (exact) mass is 421 g/mol. The first-order chi connectivity index (χ1) is 15.1. The molecule has 2 N–H and O–H groups in total. The van der Waals surface area contributed by atoms with E-state index in [4.69, 9.17) is 0 Å². The first kappa shape index (κ1) is 23.2. The third kappa shape index (κ3) is 8.66. The fraction of sp³-hybridized carbons (Fsp3) is 0.481. The fourth-order valence-electron chi connectivity index (χ4n) is 3.82. The fourth-order valence-corrected chi connectivity index (χ4v) is 3.82. The van der Waals surface area contributed by atoms with E-state index in [1.54, 1.807) is 0 Å². The van der Waals surface area contributed by atoms with Crippen molar-refractivity contribution < 1.29 is 14.7 Å². The Bertz CT molecular complexity index is 805. The minimum absolute atomic E-state index is 0.115. The number of carbonyl (C=O) groups is 2. The summed E-state index contributed by atoms with van der Waals surface area (Å²) in [6.07, 6.45) is 16.7. The highest BCUT2D eigenvalue weighted by Crippen LogP contribution is 2.28. The van der Waals surface area contributed by atoms with E-state index in [9.17, 15) is 14.7 Å². The summed E-state index contributed by atoms with van der Waals surface area (Å²) >= 11 is 0. The molecular formula is C27H35NO3. The molecule has 1 fully saturated rings. The highest BCUT2D eigenvalue weighted by atomic mass is 16.3. The van der Waals surface area contributed by atoms with Crippen molar-refractivity contribution in [3.63, 3.8) is 0 Å². The molecule has 0 unspecified atom stereocenters. The lowest BCUT2D eigenvalue weighted by atomic mass is 9.95. The summed E-state index contributed by atoms with van der Waals surface area (Å²) in [7, 11) is 0. The number of aliphatic hydroxyl groups is 1. The van der Waals surface area contributed by atoms with E-state index in [1.165, 1.54) is 18.4 Å². The molecule has 0 bridgehead atoms. The van der Waals surface area contributed by atoms with Gasteiger partial charge in [0, 0.05) is 25.3 Å². The van der Waals surface area contributed by atoms with Crippen molar-refractivity contribution in [2.45, 2.75) is 63.9 Å². The molecule has 1 saturated carbocycles. The topological polar surface area (TPSA) is 66.4 Å². The van der Waals surface area contributed by atoms with Crippen LogP contribution in [0.3, 0.4) is 0 Å². The van der Waals surface area contributed by atoms with Crippen LogP contribution in [0.15, 0.2) is 66.3 Å². The zero-order valence-corrected chi connectivity index (χ0v) is 18.3. The molecule has 0 radical (unpaired) electrons. The molecule has 2 atom stereocenters. The number of carbonyl (C=O) groups excluding carboxylic acids is 2. The lowest BCUT2D eigenvalue weighted by molar-refractivity contribution is -0.121. The van der Waals surface area contributed by atoms with Crippen LogP contribution in [0.4, 0.5) is 0 Å². The normalized spacial score (nSPS) is 19.8. The molecule has 1 aromatic rings. The number of aryl methyl sites for hydroxylation is 1. The van der Waals surface area contributed by atoms with E-state index in [0.717, 1.165) is 31.4 Å². The average Bonchev–Trinajstić information content (AvgIpc) is 3.55. The summed E-state index contributed by atoms with van der Waals surface area (Å²) in [5, 5.41) is 13.3. The molecule has 0 saturated heterocycles. The molecule has 31 heavy (non-hydrogen) atoms. The number of rotatable bonds is 13. The Balaban J connectivity index is 1.34. The van der Waals surface area contributed by atoms with E-state index in [1.807, 2.05) is 36.4 Å². The van der Waals surface area contributed by atoms with Gasteiger partial charge >= 0.3 is 0 Å². The van der Waals surface area contributed by atoms with Crippen LogP contribution in [0.2, 0.25) is 0 Å². The van der Waals surface area contributed by atoms with Crippen molar-refractivity contribution in [2.24, 2.45) is 11.8 Å². The highest BCUT2D eigenvalue weighted by molar-refractivity contribution is 5.89. The first-order valence-electron chi connectivity index (χ1n) is 11.7. The van der Waals surface area contributed by atoms with Crippen LogP contribution in [0.25, 0.3) is 0 Å². The third-order valence-corrected chi connectivity index (χ3v) is 6.01. The van der Waals surface area contributed by atoms with Gasteiger partial charge in [-0.3, -0.25) is 9.59 Å². The number of benzene rings is 1. The van der Waals surface area contributed by atoms with Gasteiger partial charge in [0.2, 0.25) is 5.91 Å². The average molecular weight is 422 g/mol. The van der Waals surface area contributed by atoms with Crippen LogP contribution in [-0.4, -0.2) is 29.4 Å². The van der Waals surface area contributed by atoms with Crippen LogP contribution in [0.1, 0.15) is 56.9 Å². The standard InChI is InChI=1S/C27H35NO3/c29-24(17-14-21-8-4-3-5-9-21)18-15-23-16-19-26(30)25(23)10-6-1-2-7-11-27(31)28-20-22-12-13-22/h1,3-6,8-9,15-16,18,22,24-25,29H,2,7,10-14,17,19-20H2,(H,28,31)/t24-,25+/m0/s1. The Morgan fingerprint density at radius 1 is 1.19 bits per heavy atom. The molecule has 166 valence electrons. The molecule has 0 aliphatic heterocycles.